The van der Waals surface area contributed by atoms with Crippen LogP contribution in [0.4, 0.5) is 0 Å². The zero-order chi connectivity index (χ0) is 18.6. The summed E-state index contributed by atoms with van der Waals surface area (Å²) in [5.41, 5.74) is 1.22. The number of nitrogens with zero attached hydrogens (tertiary/aromatic N) is 2. The molecule has 0 saturated carbocycles. The highest BCUT2D eigenvalue weighted by molar-refractivity contribution is 5.79. The number of hydrogen-bond donors (Lipinski definition) is 1. The van der Waals surface area contributed by atoms with Crippen molar-refractivity contribution in [1.29, 1.82) is 0 Å². The lowest BCUT2D eigenvalue weighted by Gasteiger charge is -2.22. The van der Waals surface area contributed by atoms with Crippen LogP contribution in [0.1, 0.15) is 25.3 Å². The van der Waals surface area contributed by atoms with Crippen LogP contribution in [0, 0.1) is 5.92 Å². The molecule has 6 heteroatoms. The van der Waals surface area contributed by atoms with Gasteiger partial charge in [0.2, 0.25) is 0 Å². The molecule has 0 aromatic heterocycles. The predicted molar refractivity (Wildman–Crippen MR) is 105 cm³/mol. The fourth-order valence-corrected chi connectivity index (χ4v) is 2.93. The van der Waals surface area contributed by atoms with Gasteiger partial charge in [0, 0.05) is 46.3 Å². The largest absolute Gasteiger partial charge is 0.494 e. The summed E-state index contributed by atoms with van der Waals surface area (Å²) in [5, 5.41) is 3.40. The van der Waals surface area contributed by atoms with E-state index in [1.54, 1.807) is 0 Å². The first-order valence-corrected chi connectivity index (χ1v) is 9.52. The Morgan fingerprint density at radius 3 is 2.81 bits per heavy atom. The van der Waals surface area contributed by atoms with Crippen LogP contribution in [0.5, 0.6) is 5.75 Å². The van der Waals surface area contributed by atoms with Gasteiger partial charge >= 0.3 is 0 Å². The van der Waals surface area contributed by atoms with Crippen molar-refractivity contribution >= 4 is 5.96 Å². The molecule has 0 bridgehead atoms. The molecule has 1 unspecified atom stereocenters. The lowest BCUT2D eigenvalue weighted by Crippen LogP contribution is -2.39. The fraction of sp³-hybridized carbons (Fsp3) is 0.650. The zero-order valence-corrected chi connectivity index (χ0v) is 16.4. The van der Waals surface area contributed by atoms with Gasteiger partial charge in [0.15, 0.2) is 5.96 Å². The third-order valence-corrected chi connectivity index (χ3v) is 4.35. The molecule has 0 amide bonds. The molecule has 0 spiro atoms. The summed E-state index contributed by atoms with van der Waals surface area (Å²) in [5.74, 6) is 2.38. The molecule has 2 rings (SSSR count). The molecule has 1 N–H and O–H groups in total. The number of hydrogen-bond acceptors (Lipinski definition) is 4. The molecule has 1 aliphatic heterocycles. The van der Waals surface area contributed by atoms with Crippen LogP contribution in [0.3, 0.4) is 0 Å². The van der Waals surface area contributed by atoms with E-state index in [2.05, 4.69) is 27.3 Å². The molecule has 1 aliphatic rings. The first kappa shape index (κ1) is 20.5. The van der Waals surface area contributed by atoms with E-state index >= 15 is 0 Å². The van der Waals surface area contributed by atoms with Gasteiger partial charge in [0.05, 0.1) is 19.8 Å². The van der Waals surface area contributed by atoms with Crippen LogP contribution in [-0.2, 0) is 16.0 Å². The van der Waals surface area contributed by atoms with Crippen molar-refractivity contribution in [3.05, 3.63) is 29.8 Å². The topological polar surface area (TPSA) is 55.3 Å². The van der Waals surface area contributed by atoms with Gasteiger partial charge in [-0.25, -0.2) is 0 Å². The Morgan fingerprint density at radius 2 is 2.15 bits per heavy atom. The highest BCUT2D eigenvalue weighted by Gasteiger charge is 2.15. The molecular weight excluding hydrogens is 330 g/mol. The number of aliphatic imine (C=N–C) groups is 1. The second kappa shape index (κ2) is 11.8. The van der Waals surface area contributed by atoms with Gasteiger partial charge in [0.25, 0.3) is 0 Å². The maximum absolute atomic E-state index is 5.73. The Morgan fingerprint density at radius 1 is 1.35 bits per heavy atom. The average Bonchev–Trinajstić information content (AvgIpc) is 3.16. The van der Waals surface area contributed by atoms with Crippen LogP contribution >= 0.6 is 0 Å². The number of nitrogens with one attached hydrogen (secondary N) is 1. The Kier molecular flexibility index (Phi) is 9.28. The maximum atomic E-state index is 5.73. The van der Waals surface area contributed by atoms with Crippen molar-refractivity contribution in [2.45, 2.75) is 26.3 Å². The van der Waals surface area contributed by atoms with Crippen molar-refractivity contribution in [1.82, 2.24) is 10.2 Å². The molecule has 1 aromatic carbocycles. The van der Waals surface area contributed by atoms with Crippen molar-refractivity contribution in [2.75, 3.05) is 53.7 Å². The van der Waals surface area contributed by atoms with Crippen LogP contribution in [0.2, 0.25) is 0 Å². The monoisotopic (exact) mass is 363 g/mol. The van der Waals surface area contributed by atoms with Crippen molar-refractivity contribution < 1.29 is 14.2 Å². The average molecular weight is 364 g/mol. The first-order valence-electron chi connectivity index (χ1n) is 9.52. The molecule has 1 saturated heterocycles. The number of benzene rings is 1. The number of ether oxygens (including phenoxy) is 3. The molecule has 1 aromatic rings. The summed E-state index contributed by atoms with van der Waals surface area (Å²) in [4.78, 5) is 6.48. The number of rotatable bonds is 10. The lowest BCUT2D eigenvalue weighted by atomic mass is 10.1. The summed E-state index contributed by atoms with van der Waals surface area (Å²) in [6.07, 6.45) is 2.09. The van der Waals surface area contributed by atoms with Gasteiger partial charge in [-0.1, -0.05) is 12.1 Å². The van der Waals surface area contributed by atoms with E-state index in [1.807, 2.05) is 33.2 Å². The molecule has 1 atom stereocenters. The molecule has 6 nitrogen and oxygen atoms in total. The van der Waals surface area contributed by atoms with E-state index < -0.39 is 0 Å². The summed E-state index contributed by atoms with van der Waals surface area (Å²) in [7, 11) is 3.86. The van der Waals surface area contributed by atoms with Gasteiger partial charge in [-0.3, -0.25) is 4.99 Å². The molecule has 1 fully saturated rings. The van der Waals surface area contributed by atoms with E-state index in [4.69, 9.17) is 14.2 Å². The predicted octanol–water partition coefficient (Wildman–Crippen LogP) is 2.54. The van der Waals surface area contributed by atoms with Gasteiger partial charge in [-0.15, -0.1) is 0 Å². The highest BCUT2D eigenvalue weighted by Crippen LogP contribution is 2.13. The second-order valence-corrected chi connectivity index (χ2v) is 6.57. The van der Waals surface area contributed by atoms with Gasteiger partial charge in [0.1, 0.15) is 5.75 Å². The van der Waals surface area contributed by atoms with Gasteiger partial charge < -0.3 is 24.4 Å². The Bertz CT molecular complexity index is 528. The minimum absolute atomic E-state index is 0.580. The summed E-state index contributed by atoms with van der Waals surface area (Å²) < 4.78 is 16.6. The second-order valence-electron chi connectivity index (χ2n) is 6.57. The van der Waals surface area contributed by atoms with E-state index in [0.29, 0.717) is 12.5 Å². The minimum atomic E-state index is 0.580. The van der Waals surface area contributed by atoms with Crippen LogP contribution in [-0.4, -0.2) is 64.5 Å². The Hall–Kier alpha value is -1.79. The highest BCUT2D eigenvalue weighted by atomic mass is 16.5. The SMILES string of the molecule is CCOc1ccc(CN(C)C(=NC)NCCCOCC2CCOC2)cc1. The molecule has 0 aliphatic carbocycles. The van der Waals surface area contributed by atoms with Crippen molar-refractivity contribution in [2.24, 2.45) is 10.9 Å². The van der Waals surface area contributed by atoms with E-state index in [1.165, 1.54) is 5.56 Å². The molecular formula is C20H33N3O3. The first-order chi connectivity index (χ1) is 12.7. The smallest absolute Gasteiger partial charge is 0.193 e. The molecule has 1 heterocycles. The third-order valence-electron chi connectivity index (χ3n) is 4.35. The minimum Gasteiger partial charge on any atom is -0.494 e. The summed E-state index contributed by atoms with van der Waals surface area (Å²) in [6.45, 7) is 7.63. The standard InChI is InChI=1S/C20H33N3O3/c1-4-26-19-8-6-17(7-9-19)14-23(3)20(21-2)22-11-5-12-24-15-18-10-13-25-16-18/h6-9,18H,4-5,10-16H2,1-3H3,(H,21,22). The molecule has 0 radical (unpaired) electrons. The van der Waals surface area contributed by atoms with Crippen LogP contribution in [0.15, 0.2) is 29.3 Å². The van der Waals surface area contributed by atoms with E-state index in [0.717, 1.165) is 64.1 Å². The maximum Gasteiger partial charge on any atom is 0.193 e. The van der Waals surface area contributed by atoms with Crippen molar-refractivity contribution in [3.63, 3.8) is 0 Å². The number of guanidine groups is 1. The summed E-state index contributed by atoms with van der Waals surface area (Å²) >= 11 is 0. The van der Waals surface area contributed by atoms with E-state index in [-0.39, 0.29) is 0 Å². The summed E-state index contributed by atoms with van der Waals surface area (Å²) in [6, 6.07) is 8.20. The van der Waals surface area contributed by atoms with E-state index in [9.17, 15) is 0 Å². The lowest BCUT2D eigenvalue weighted by molar-refractivity contribution is 0.0887. The van der Waals surface area contributed by atoms with Gasteiger partial charge in [-0.2, -0.15) is 0 Å². The molecule has 146 valence electrons. The van der Waals surface area contributed by atoms with Crippen LogP contribution in [0.25, 0.3) is 0 Å². The third kappa shape index (κ3) is 7.22. The normalized spacial score (nSPS) is 17.3. The van der Waals surface area contributed by atoms with Gasteiger partial charge in [-0.05, 0) is 37.5 Å². The van der Waals surface area contributed by atoms with Crippen molar-refractivity contribution in [3.8, 4) is 5.75 Å². The Labute approximate surface area is 157 Å². The van der Waals surface area contributed by atoms with Crippen LogP contribution < -0.4 is 10.1 Å². The fourth-order valence-electron chi connectivity index (χ4n) is 2.93. The Balaban J connectivity index is 1.63. The quantitative estimate of drug-likeness (QED) is 0.393. The molecule has 26 heavy (non-hydrogen) atoms. The zero-order valence-electron chi connectivity index (χ0n) is 16.4.